The molecule has 0 atom stereocenters. The Morgan fingerprint density at radius 1 is 0.806 bits per heavy atom. The van der Waals surface area contributed by atoms with Crippen LogP contribution in [0.15, 0.2) is 66.9 Å². The third-order valence-corrected chi connectivity index (χ3v) is 6.14. The van der Waals surface area contributed by atoms with Crippen molar-refractivity contribution in [2.75, 3.05) is 37.6 Å². The number of halogens is 3. The zero-order valence-electron chi connectivity index (χ0n) is 17.4. The van der Waals surface area contributed by atoms with E-state index in [1.807, 2.05) is 36.4 Å². The van der Waals surface area contributed by atoms with E-state index < -0.39 is 0 Å². The highest BCUT2D eigenvalue weighted by atomic mass is 35.5. The Labute approximate surface area is 187 Å². The van der Waals surface area contributed by atoms with Crippen LogP contribution in [0.1, 0.15) is 29.9 Å². The molecule has 4 rings (SSSR count). The Morgan fingerprint density at radius 3 is 1.90 bits per heavy atom. The van der Waals surface area contributed by atoms with Gasteiger partial charge in [-0.25, -0.2) is 13.8 Å². The van der Waals surface area contributed by atoms with Crippen molar-refractivity contribution in [3.05, 3.63) is 94.6 Å². The standard InChI is InChI=1S/C25H26ClF2N3/c26-21-7-12-25(29-18-21)31-16-14-30(15-17-31)13-1-2-24(19-3-8-22(27)9-4-19)20-5-10-23(28)11-6-20/h3-12,18,24H,1-2,13-17H2. The van der Waals surface area contributed by atoms with E-state index in [1.165, 1.54) is 24.3 Å². The van der Waals surface area contributed by atoms with E-state index in [9.17, 15) is 8.78 Å². The summed E-state index contributed by atoms with van der Waals surface area (Å²) < 4.78 is 26.8. The van der Waals surface area contributed by atoms with Crippen LogP contribution in [-0.4, -0.2) is 42.6 Å². The van der Waals surface area contributed by atoms with Crippen molar-refractivity contribution in [2.45, 2.75) is 18.8 Å². The molecule has 2 heterocycles. The Bertz CT molecular complexity index is 908. The number of benzene rings is 2. The maximum Gasteiger partial charge on any atom is 0.128 e. The predicted molar refractivity (Wildman–Crippen MR) is 122 cm³/mol. The topological polar surface area (TPSA) is 19.4 Å². The normalized spacial score (nSPS) is 14.9. The van der Waals surface area contributed by atoms with Gasteiger partial charge in [-0.3, -0.25) is 4.90 Å². The smallest absolute Gasteiger partial charge is 0.128 e. The second-order valence-electron chi connectivity index (χ2n) is 7.96. The predicted octanol–water partition coefficient (Wildman–Crippen LogP) is 5.75. The molecular weight excluding hydrogens is 416 g/mol. The number of hydrogen-bond donors (Lipinski definition) is 0. The van der Waals surface area contributed by atoms with Gasteiger partial charge in [0.1, 0.15) is 17.5 Å². The monoisotopic (exact) mass is 441 g/mol. The van der Waals surface area contributed by atoms with E-state index in [0.717, 1.165) is 62.5 Å². The molecule has 0 radical (unpaired) electrons. The van der Waals surface area contributed by atoms with Crippen molar-refractivity contribution >= 4 is 17.4 Å². The number of anilines is 1. The fourth-order valence-corrected chi connectivity index (χ4v) is 4.30. The van der Waals surface area contributed by atoms with Crippen LogP contribution in [0, 0.1) is 11.6 Å². The molecular formula is C25H26ClF2N3. The third-order valence-electron chi connectivity index (χ3n) is 5.92. The summed E-state index contributed by atoms with van der Waals surface area (Å²) in [4.78, 5) is 9.17. The lowest BCUT2D eigenvalue weighted by Gasteiger charge is -2.35. The molecule has 1 aliphatic rings. The van der Waals surface area contributed by atoms with Crippen molar-refractivity contribution < 1.29 is 8.78 Å². The van der Waals surface area contributed by atoms with E-state index in [-0.39, 0.29) is 17.6 Å². The number of aromatic nitrogens is 1. The van der Waals surface area contributed by atoms with Crippen molar-refractivity contribution in [1.82, 2.24) is 9.88 Å². The van der Waals surface area contributed by atoms with Crippen LogP contribution in [0.3, 0.4) is 0 Å². The zero-order chi connectivity index (χ0) is 21.6. The van der Waals surface area contributed by atoms with Crippen LogP contribution in [-0.2, 0) is 0 Å². The van der Waals surface area contributed by atoms with Gasteiger partial charge >= 0.3 is 0 Å². The molecule has 0 amide bonds. The first-order valence-electron chi connectivity index (χ1n) is 10.7. The summed E-state index contributed by atoms with van der Waals surface area (Å²) in [6, 6.07) is 17.2. The minimum atomic E-state index is -0.241. The second-order valence-corrected chi connectivity index (χ2v) is 8.40. The SMILES string of the molecule is Fc1ccc(C(CCCN2CCN(c3ccc(Cl)cn3)CC2)c2ccc(F)cc2)cc1. The van der Waals surface area contributed by atoms with E-state index >= 15 is 0 Å². The molecule has 1 saturated heterocycles. The Kier molecular flexibility index (Phi) is 7.15. The average Bonchev–Trinajstić information content (AvgIpc) is 2.79. The van der Waals surface area contributed by atoms with Crippen LogP contribution in [0.4, 0.5) is 14.6 Å². The van der Waals surface area contributed by atoms with Crippen molar-refractivity contribution in [1.29, 1.82) is 0 Å². The molecule has 1 fully saturated rings. The Morgan fingerprint density at radius 2 is 1.39 bits per heavy atom. The lowest BCUT2D eigenvalue weighted by molar-refractivity contribution is 0.251. The largest absolute Gasteiger partial charge is 0.354 e. The van der Waals surface area contributed by atoms with Gasteiger partial charge in [-0.2, -0.15) is 0 Å². The molecule has 3 nitrogen and oxygen atoms in total. The molecule has 2 aromatic carbocycles. The van der Waals surface area contributed by atoms with Crippen LogP contribution in [0.2, 0.25) is 5.02 Å². The summed E-state index contributed by atoms with van der Waals surface area (Å²) in [6.45, 7) is 4.85. The molecule has 6 heteroatoms. The van der Waals surface area contributed by atoms with Gasteiger partial charge in [0.05, 0.1) is 5.02 Å². The lowest BCUT2D eigenvalue weighted by Crippen LogP contribution is -2.46. The zero-order valence-corrected chi connectivity index (χ0v) is 18.1. The van der Waals surface area contributed by atoms with Gasteiger partial charge < -0.3 is 4.90 Å². The summed E-state index contributed by atoms with van der Waals surface area (Å²) >= 11 is 5.93. The average molecular weight is 442 g/mol. The van der Waals surface area contributed by atoms with Gasteiger partial charge in [0.15, 0.2) is 0 Å². The molecule has 1 aliphatic heterocycles. The summed E-state index contributed by atoms with van der Waals surface area (Å²) in [5.41, 5.74) is 2.12. The second kappa shape index (κ2) is 10.2. The fourth-order valence-electron chi connectivity index (χ4n) is 4.19. The van der Waals surface area contributed by atoms with E-state index in [2.05, 4.69) is 14.8 Å². The number of nitrogens with zero attached hydrogens (tertiary/aromatic N) is 3. The quantitative estimate of drug-likeness (QED) is 0.465. The van der Waals surface area contributed by atoms with Crippen LogP contribution < -0.4 is 4.90 Å². The number of hydrogen-bond acceptors (Lipinski definition) is 3. The molecule has 0 N–H and O–H groups in total. The van der Waals surface area contributed by atoms with Gasteiger partial charge in [0, 0.05) is 38.3 Å². The van der Waals surface area contributed by atoms with Crippen LogP contribution in [0.25, 0.3) is 0 Å². The fraction of sp³-hybridized carbons (Fsp3) is 0.320. The highest BCUT2D eigenvalue weighted by molar-refractivity contribution is 6.30. The summed E-state index contributed by atoms with van der Waals surface area (Å²) in [6.07, 6.45) is 3.63. The number of rotatable bonds is 7. The molecule has 0 unspecified atom stereocenters. The molecule has 0 bridgehead atoms. The molecule has 162 valence electrons. The van der Waals surface area contributed by atoms with Crippen LogP contribution in [0.5, 0.6) is 0 Å². The Hall–Kier alpha value is -2.50. The molecule has 0 spiro atoms. The lowest BCUT2D eigenvalue weighted by atomic mass is 9.87. The molecule has 0 aliphatic carbocycles. The van der Waals surface area contributed by atoms with E-state index in [4.69, 9.17) is 11.6 Å². The molecule has 3 aromatic rings. The van der Waals surface area contributed by atoms with Crippen molar-refractivity contribution in [3.63, 3.8) is 0 Å². The highest BCUT2D eigenvalue weighted by Gasteiger charge is 2.19. The summed E-state index contributed by atoms with van der Waals surface area (Å²) in [7, 11) is 0. The van der Waals surface area contributed by atoms with Gasteiger partial charge in [0.25, 0.3) is 0 Å². The Balaban J connectivity index is 1.33. The third kappa shape index (κ3) is 5.81. The van der Waals surface area contributed by atoms with Crippen LogP contribution >= 0.6 is 11.6 Å². The minimum absolute atomic E-state index is 0.126. The van der Waals surface area contributed by atoms with E-state index in [1.54, 1.807) is 6.20 Å². The maximum atomic E-state index is 13.4. The number of piperazine rings is 1. The maximum absolute atomic E-state index is 13.4. The molecule has 1 aromatic heterocycles. The van der Waals surface area contributed by atoms with Gasteiger partial charge in [-0.1, -0.05) is 35.9 Å². The first kappa shape index (κ1) is 21.7. The summed E-state index contributed by atoms with van der Waals surface area (Å²) in [5, 5.41) is 0.652. The highest BCUT2D eigenvalue weighted by Crippen LogP contribution is 2.30. The van der Waals surface area contributed by atoms with Gasteiger partial charge in [0.2, 0.25) is 0 Å². The summed E-state index contributed by atoms with van der Waals surface area (Å²) in [5.74, 6) is 0.613. The molecule has 31 heavy (non-hydrogen) atoms. The first-order valence-corrected chi connectivity index (χ1v) is 11.1. The van der Waals surface area contributed by atoms with Crippen molar-refractivity contribution in [2.24, 2.45) is 0 Å². The number of pyridine rings is 1. The minimum Gasteiger partial charge on any atom is -0.354 e. The molecule has 0 saturated carbocycles. The first-order chi connectivity index (χ1) is 15.1. The van der Waals surface area contributed by atoms with Crippen molar-refractivity contribution in [3.8, 4) is 0 Å². The van der Waals surface area contributed by atoms with E-state index in [0.29, 0.717) is 5.02 Å². The van der Waals surface area contributed by atoms with Gasteiger partial charge in [-0.05, 0) is 66.9 Å². The van der Waals surface area contributed by atoms with Gasteiger partial charge in [-0.15, -0.1) is 0 Å².